The summed E-state index contributed by atoms with van der Waals surface area (Å²) in [6.45, 7) is 5.92. The number of fused-ring (bicyclic) bond motifs is 3. The van der Waals surface area contributed by atoms with E-state index in [-0.39, 0.29) is 11.3 Å². The SMILES string of the molecule is Cc1cc(NC(=O)C2CC(C)(C)c3c2cnc2cc(F)nn32)cnc1-n1nccn1. The number of hydrogen-bond donors (Lipinski definition) is 1. The van der Waals surface area contributed by atoms with E-state index >= 15 is 0 Å². The fraction of sp³-hybridized carbons (Fsp3) is 0.300. The maximum atomic E-state index is 13.7. The van der Waals surface area contributed by atoms with Gasteiger partial charge in [-0.25, -0.2) is 14.5 Å². The number of aryl methyl sites for hydroxylation is 1. The second-order valence-corrected chi connectivity index (χ2v) is 8.11. The summed E-state index contributed by atoms with van der Waals surface area (Å²) in [4.78, 5) is 23.2. The zero-order valence-corrected chi connectivity index (χ0v) is 16.7. The smallest absolute Gasteiger partial charge is 0.235 e. The first-order chi connectivity index (χ1) is 14.3. The van der Waals surface area contributed by atoms with Gasteiger partial charge in [-0.2, -0.15) is 14.6 Å². The molecule has 0 aromatic carbocycles. The van der Waals surface area contributed by atoms with E-state index < -0.39 is 11.9 Å². The number of carbonyl (C=O) groups excluding carboxylic acids is 1. The molecule has 1 aliphatic carbocycles. The standard InChI is InChI=1S/C20H19FN8O/c1-11-6-12(9-23-18(11)29-24-4-5-25-29)26-19(30)13-8-20(2,3)17-14(13)10-22-16-7-15(21)27-28(16)17/h4-7,9-10,13H,8H2,1-3H3,(H,26,30). The molecule has 0 bridgehead atoms. The molecule has 4 heterocycles. The van der Waals surface area contributed by atoms with Crippen molar-refractivity contribution in [1.29, 1.82) is 0 Å². The number of anilines is 1. The Hall–Kier alpha value is -3.69. The van der Waals surface area contributed by atoms with Crippen molar-refractivity contribution in [2.24, 2.45) is 0 Å². The van der Waals surface area contributed by atoms with E-state index in [9.17, 15) is 9.18 Å². The fourth-order valence-corrected chi connectivity index (χ4v) is 4.20. The number of pyridine rings is 1. The Morgan fingerprint density at radius 1 is 1.20 bits per heavy atom. The van der Waals surface area contributed by atoms with E-state index in [0.29, 0.717) is 23.6 Å². The molecular formula is C20H19FN8O. The molecule has 1 amide bonds. The summed E-state index contributed by atoms with van der Waals surface area (Å²) in [6.07, 6.45) is 6.95. The molecule has 30 heavy (non-hydrogen) atoms. The van der Waals surface area contributed by atoms with Crippen LogP contribution in [0.5, 0.6) is 0 Å². The van der Waals surface area contributed by atoms with Crippen LogP contribution >= 0.6 is 0 Å². The second kappa shape index (κ2) is 6.41. The average molecular weight is 406 g/mol. The Labute approximate surface area is 171 Å². The van der Waals surface area contributed by atoms with E-state index in [1.54, 1.807) is 24.8 Å². The van der Waals surface area contributed by atoms with Crippen LogP contribution in [0.4, 0.5) is 10.1 Å². The van der Waals surface area contributed by atoms with Crippen LogP contribution in [-0.2, 0) is 10.2 Å². The lowest BCUT2D eigenvalue weighted by Crippen LogP contribution is -2.22. The van der Waals surface area contributed by atoms with Crippen LogP contribution in [0.3, 0.4) is 0 Å². The van der Waals surface area contributed by atoms with Crippen LogP contribution in [0.25, 0.3) is 11.5 Å². The lowest BCUT2D eigenvalue weighted by atomic mass is 9.88. The van der Waals surface area contributed by atoms with Crippen LogP contribution < -0.4 is 5.32 Å². The molecule has 1 unspecified atom stereocenters. The summed E-state index contributed by atoms with van der Waals surface area (Å²) < 4.78 is 15.2. The summed E-state index contributed by atoms with van der Waals surface area (Å²) in [5.74, 6) is -0.584. The molecular weight excluding hydrogens is 387 g/mol. The highest BCUT2D eigenvalue weighted by Gasteiger charge is 2.43. The van der Waals surface area contributed by atoms with Crippen LogP contribution in [0.15, 0.2) is 36.9 Å². The van der Waals surface area contributed by atoms with Crippen LogP contribution in [0.1, 0.15) is 43.0 Å². The topological polar surface area (TPSA) is 103 Å². The maximum Gasteiger partial charge on any atom is 0.235 e. The van der Waals surface area contributed by atoms with Gasteiger partial charge in [0.15, 0.2) is 11.5 Å². The monoisotopic (exact) mass is 406 g/mol. The molecule has 0 aliphatic heterocycles. The predicted molar refractivity (Wildman–Crippen MR) is 106 cm³/mol. The highest BCUT2D eigenvalue weighted by Crippen LogP contribution is 2.45. The van der Waals surface area contributed by atoms with E-state index in [0.717, 1.165) is 16.8 Å². The molecule has 152 valence electrons. The zero-order chi connectivity index (χ0) is 21.0. The van der Waals surface area contributed by atoms with Gasteiger partial charge in [0.25, 0.3) is 0 Å². The first kappa shape index (κ1) is 18.3. The fourth-order valence-electron chi connectivity index (χ4n) is 4.20. The van der Waals surface area contributed by atoms with Gasteiger partial charge in [-0.3, -0.25) is 4.79 Å². The van der Waals surface area contributed by atoms with Gasteiger partial charge in [-0.05, 0) is 25.0 Å². The van der Waals surface area contributed by atoms with Crippen LogP contribution in [0.2, 0.25) is 0 Å². The quantitative estimate of drug-likeness (QED) is 0.561. The van der Waals surface area contributed by atoms with Gasteiger partial charge in [0, 0.05) is 23.2 Å². The molecule has 0 radical (unpaired) electrons. The molecule has 5 rings (SSSR count). The number of hydrogen-bond acceptors (Lipinski definition) is 6. The molecule has 10 heteroatoms. The third-order valence-corrected chi connectivity index (χ3v) is 5.46. The normalized spacial score (nSPS) is 17.3. The van der Waals surface area contributed by atoms with Crippen LogP contribution in [0, 0.1) is 12.9 Å². The minimum atomic E-state index is -0.590. The predicted octanol–water partition coefficient (Wildman–Crippen LogP) is 2.56. The largest absolute Gasteiger partial charge is 0.324 e. The summed E-state index contributed by atoms with van der Waals surface area (Å²) >= 11 is 0. The average Bonchev–Trinajstić information content (AvgIpc) is 3.39. The van der Waals surface area contributed by atoms with Gasteiger partial charge >= 0.3 is 0 Å². The van der Waals surface area contributed by atoms with Crippen LogP contribution in [-0.4, -0.2) is 40.5 Å². The van der Waals surface area contributed by atoms with Crippen molar-refractivity contribution >= 4 is 17.2 Å². The molecule has 0 saturated carbocycles. The molecule has 9 nitrogen and oxygen atoms in total. The number of halogens is 1. The summed E-state index contributed by atoms with van der Waals surface area (Å²) in [5, 5.41) is 15.0. The van der Waals surface area contributed by atoms with Crippen molar-refractivity contribution in [2.75, 3.05) is 5.32 Å². The number of aromatic nitrogens is 7. The Morgan fingerprint density at radius 2 is 1.97 bits per heavy atom. The van der Waals surface area contributed by atoms with Gasteiger partial charge < -0.3 is 5.32 Å². The van der Waals surface area contributed by atoms with Crippen molar-refractivity contribution in [3.63, 3.8) is 0 Å². The number of nitrogens with zero attached hydrogens (tertiary/aromatic N) is 7. The molecule has 4 aromatic rings. The Balaban J connectivity index is 1.46. The van der Waals surface area contributed by atoms with Gasteiger partial charge in [-0.15, -0.1) is 9.90 Å². The van der Waals surface area contributed by atoms with Crippen molar-refractivity contribution in [2.45, 2.75) is 38.5 Å². The highest BCUT2D eigenvalue weighted by molar-refractivity contribution is 5.96. The third kappa shape index (κ3) is 2.83. The molecule has 0 spiro atoms. The zero-order valence-electron chi connectivity index (χ0n) is 16.7. The van der Waals surface area contributed by atoms with Gasteiger partial charge in [0.05, 0.1) is 35.9 Å². The molecule has 1 atom stereocenters. The maximum absolute atomic E-state index is 13.7. The highest BCUT2D eigenvalue weighted by atomic mass is 19.1. The summed E-state index contributed by atoms with van der Waals surface area (Å²) in [6, 6.07) is 3.11. The van der Waals surface area contributed by atoms with Crippen molar-refractivity contribution in [3.05, 3.63) is 59.7 Å². The lowest BCUT2D eigenvalue weighted by molar-refractivity contribution is -0.117. The van der Waals surface area contributed by atoms with Crippen molar-refractivity contribution < 1.29 is 9.18 Å². The molecule has 0 saturated heterocycles. The van der Waals surface area contributed by atoms with E-state index in [2.05, 4.69) is 30.6 Å². The van der Waals surface area contributed by atoms with Gasteiger partial charge in [0.1, 0.15) is 0 Å². The first-order valence-electron chi connectivity index (χ1n) is 9.52. The van der Waals surface area contributed by atoms with Gasteiger partial charge in [-0.1, -0.05) is 13.8 Å². The number of nitrogens with one attached hydrogen (secondary N) is 1. The third-order valence-electron chi connectivity index (χ3n) is 5.46. The number of rotatable bonds is 3. The number of amides is 1. The molecule has 4 aromatic heterocycles. The second-order valence-electron chi connectivity index (χ2n) is 8.11. The van der Waals surface area contributed by atoms with Crippen molar-refractivity contribution in [1.82, 2.24) is 34.6 Å². The Bertz CT molecular complexity index is 1280. The van der Waals surface area contributed by atoms with Crippen molar-refractivity contribution in [3.8, 4) is 5.82 Å². The molecule has 0 fully saturated rings. The molecule has 1 N–H and O–H groups in total. The summed E-state index contributed by atoms with van der Waals surface area (Å²) in [5.41, 5.74) is 3.05. The van der Waals surface area contributed by atoms with Gasteiger partial charge in [0.2, 0.25) is 11.9 Å². The Kier molecular flexibility index (Phi) is 3.92. The minimum absolute atomic E-state index is 0.165. The summed E-state index contributed by atoms with van der Waals surface area (Å²) in [7, 11) is 0. The van der Waals surface area contributed by atoms with E-state index in [1.807, 2.05) is 26.8 Å². The molecule has 1 aliphatic rings. The minimum Gasteiger partial charge on any atom is -0.324 e. The number of carbonyl (C=O) groups is 1. The lowest BCUT2D eigenvalue weighted by Gasteiger charge is -2.19. The first-order valence-corrected chi connectivity index (χ1v) is 9.52. The van der Waals surface area contributed by atoms with E-state index in [4.69, 9.17) is 0 Å². The van der Waals surface area contributed by atoms with E-state index in [1.165, 1.54) is 15.4 Å². The Morgan fingerprint density at radius 3 is 2.70 bits per heavy atom.